The summed E-state index contributed by atoms with van der Waals surface area (Å²) in [6, 6.07) is 0. The lowest BCUT2D eigenvalue weighted by Crippen LogP contribution is -2.29. The van der Waals surface area contributed by atoms with Gasteiger partial charge in [0.05, 0.1) is 5.69 Å². The average Bonchev–Trinajstić information content (AvgIpc) is 2.53. The van der Waals surface area contributed by atoms with Gasteiger partial charge in [-0.2, -0.15) is 0 Å². The summed E-state index contributed by atoms with van der Waals surface area (Å²) >= 11 is 0. The molecule has 0 radical (unpaired) electrons. The lowest BCUT2D eigenvalue weighted by Gasteiger charge is -2.25. The van der Waals surface area contributed by atoms with Crippen LogP contribution in [-0.2, 0) is 6.54 Å². The first-order chi connectivity index (χ1) is 6.34. The Morgan fingerprint density at radius 1 is 1.38 bits per heavy atom. The van der Waals surface area contributed by atoms with E-state index in [2.05, 4.69) is 9.88 Å². The van der Waals surface area contributed by atoms with Crippen molar-refractivity contribution >= 4 is 0 Å². The SMILES string of the molecule is Cc1nc(CN2CCCCC2)co1. The van der Waals surface area contributed by atoms with Crippen molar-refractivity contribution in [1.82, 2.24) is 9.88 Å². The third-order valence-electron chi connectivity index (χ3n) is 2.50. The molecule has 2 rings (SSSR count). The summed E-state index contributed by atoms with van der Waals surface area (Å²) in [5.74, 6) is 0.770. The minimum absolute atomic E-state index is 0.770. The van der Waals surface area contributed by atoms with Crippen molar-refractivity contribution in [3.05, 3.63) is 17.8 Å². The van der Waals surface area contributed by atoms with Crippen molar-refractivity contribution in [3.8, 4) is 0 Å². The summed E-state index contributed by atoms with van der Waals surface area (Å²) in [5.41, 5.74) is 1.07. The van der Waals surface area contributed by atoms with Crippen LogP contribution in [0.3, 0.4) is 0 Å². The fraction of sp³-hybridized carbons (Fsp3) is 0.700. The Hall–Kier alpha value is -0.830. The molecule has 1 aliphatic heterocycles. The molecule has 1 saturated heterocycles. The van der Waals surface area contributed by atoms with Gasteiger partial charge in [0.1, 0.15) is 6.26 Å². The maximum Gasteiger partial charge on any atom is 0.191 e. The molecule has 0 saturated carbocycles. The molecule has 0 amide bonds. The van der Waals surface area contributed by atoms with Crippen molar-refractivity contribution in [1.29, 1.82) is 0 Å². The quantitative estimate of drug-likeness (QED) is 0.696. The van der Waals surface area contributed by atoms with Crippen LogP contribution in [0.4, 0.5) is 0 Å². The predicted molar refractivity (Wildman–Crippen MR) is 50.4 cm³/mol. The summed E-state index contributed by atoms with van der Waals surface area (Å²) < 4.78 is 5.17. The number of hydrogen-bond donors (Lipinski definition) is 0. The molecule has 2 heterocycles. The first-order valence-corrected chi connectivity index (χ1v) is 4.98. The molecule has 1 aromatic heterocycles. The van der Waals surface area contributed by atoms with E-state index in [9.17, 15) is 0 Å². The molecule has 3 nitrogen and oxygen atoms in total. The van der Waals surface area contributed by atoms with E-state index in [1.54, 1.807) is 6.26 Å². The van der Waals surface area contributed by atoms with Crippen LogP contribution in [0.5, 0.6) is 0 Å². The highest BCUT2D eigenvalue weighted by atomic mass is 16.3. The maximum absolute atomic E-state index is 5.17. The normalized spacial score (nSPS) is 19.2. The monoisotopic (exact) mass is 180 g/mol. The molecule has 1 aliphatic rings. The van der Waals surface area contributed by atoms with Gasteiger partial charge in [0.25, 0.3) is 0 Å². The molecule has 0 unspecified atom stereocenters. The van der Waals surface area contributed by atoms with E-state index in [-0.39, 0.29) is 0 Å². The Morgan fingerprint density at radius 3 is 2.77 bits per heavy atom. The van der Waals surface area contributed by atoms with Crippen LogP contribution in [-0.4, -0.2) is 23.0 Å². The van der Waals surface area contributed by atoms with Gasteiger partial charge < -0.3 is 4.42 Å². The molecule has 13 heavy (non-hydrogen) atoms. The third kappa shape index (κ3) is 2.31. The Morgan fingerprint density at radius 2 is 2.15 bits per heavy atom. The minimum Gasteiger partial charge on any atom is -0.449 e. The van der Waals surface area contributed by atoms with Gasteiger partial charge in [0.2, 0.25) is 0 Å². The van der Waals surface area contributed by atoms with Crippen LogP contribution >= 0.6 is 0 Å². The van der Waals surface area contributed by atoms with Crippen LogP contribution in [0.15, 0.2) is 10.7 Å². The van der Waals surface area contributed by atoms with E-state index in [1.165, 1.54) is 32.4 Å². The van der Waals surface area contributed by atoms with Crippen molar-refractivity contribution in [2.45, 2.75) is 32.7 Å². The number of rotatable bonds is 2. The topological polar surface area (TPSA) is 29.3 Å². The highest BCUT2D eigenvalue weighted by molar-refractivity contribution is 4.95. The first-order valence-electron chi connectivity index (χ1n) is 4.98. The molecule has 0 spiro atoms. The summed E-state index contributed by atoms with van der Waals surface area (Å²) in [4.78, 5) is 6.74. The van der Waals surface area contributed by atoms with Gasteiger partial charge in [-0.1, -0.05) is 6.42 Å². The number of aryl methyl sites for hydroxylation is 1. The second-order valence-corrected chi connectivity index (χ2v) is 3.69. The van der Waals surface area contributed by atoms with Crippen LogP contribution < -0.4 is 0 Å². The van der Waals surface area contributed by atoms with E-state index in [0.29, 0.717) is 0 Å². The highest BCUT2D eigenvalue weighted by Crippen LogP contribution is 2.12. The lowest BCUT2D eigenvalue weighted by molar-refractivity contribution is 0.218. The Kier molecular flexibility index (Phi) is 2.64. The number of nitrogens with zero attached hydrogens (tertiary/aromatic N) is 2. The number of likely N-dealkylation sites (tertiary alicyclic amines) is 1. The van der Waals surface area contributed by atoms with E-state index in [1.807, 2.05) is 6.92 Å². The van der Waals surface area contributed by atoms with E-state index < -0.39 is 0 Å². The second kappa shape index (κ2) is 3.92. The van der Waals surface area contributed by atoms with E-state index in [0.717, 1.165) is 18.1 Å². The molecule has 3 heteroatoms. The van der Waals surface area contributed by atoms with Gasteiger partial charge in [-0.25, -0.2) is 4.98 Å². The Bertz CT molecular complexity index is 264. The molecule has 0 aromatic carbocycles. The van der Waals surface area contributed by atoms with Crippen molar-refractivity contribution in [3.63, 3.8) is 0 Å². The number of aromatic nitrogens is 1. The van der Waals surface area contributed by atoms with Crippen LogP contribution in [0.1, 0.15) is 30.8 Å². The summed E-state index contributed by atoms with van der Waals surface area (Å²) in [5, 5.41) is 0. The van der Waals surface area contributed by atoms with Crippen LogP contribution in [0.2, 0.25) is 0 Å². The smallest absolute Gasteiger partial charge is 0.191 e. The van der Waals surface area contributed by atoms with Crippen molar-refractivity contribution < 1.29 is 4.42 Å². The molecule has 0 bridgehead atoms. The maximum atomic E-state index is 5.17. The van der Waals surface area contributed by atoms with E-state index in [4.69, 9.17) is 4.42 Å². The zero-order chi connectivity index (χ0) is 9.10. The van der Waals surface area contributed by atoms with Gasteiger partial charge in [-0.15, -0.1) is 0 Å². The Balaban J connectivity index is 1.89. The van der Waals surface area contributed by atoms with Crippen LogP contribution in [0, 0.1) is 6.92 Å². The standard InChI is InChI=1S/C10H16N2O/c1-9-11-10(8-13-9)7-12-5-3-2-4-6-12/h8H,2-7H2,1H3. The fourth-order valence-electron chi connectivity index (χ4n) is 1.83. The van der Waals surface area contributed by atoms with Gasteiger partial charge in [0, 0.05) is 13.5 Å². The zero-order valence-electron chi connectivity index (χ0n) is 8.12. The average molecular weight is 180 g/mol. The lowest BCUT2D eigenvalue weighted by atomic mass is 10.1. The van der Waals surface area contributed by atoms with Crippen LogP contribution in [0.25, 0.3) is 0 Å². The molecule has 0 aliphatic carbocycles. The summed E-state index contributed by atoms with van der Waals surface area (Å²) in [6.45, 7) is 5.27. The van der Waals surface area contributed by atoms with E-state index >= 15 is 0 Å². The van der Waals surface area contributed by atoms with Crippen molar-refractivity contribution in [2.24, 2.45) is 0 Å². The number of oxazole rings is 1. The molecular weight excluding hydrogens is 164 g/mol. The fourth-order valence-corrected chi connectivity index (χ4v) is 1.83. The molecular formula is C10H16N2O. The molecule has 1 fully saturated rings. The summed E-state index contributed by atoms with van der Waals surface area (Å²) in [6.07, 6.45) is 5.81. The number of piperidine rings is 1. The summed E-state index contributed by atoms with van der Waals surface area (Å²) in [7, 11) is 0. The van der Waals surface area contributed by atoms with Gasteiger partial charge >= 0.3 is 0 Å². The van der Waals surface area contributed by atoms with Gasteiger partial charge in [-0.3, -0.25) is 4.90 Å². The zero-order valence-corrected chi connectivity index (χ0v) is 8.12. The van der Waals surface area contributed by atoms with Gasteiger partial charge in [0.15, 0.2) is 5.89 Å². The Labute approximate surface area is 78.8 Å². The highest BCUT2D eigenvalue weighted by Gasteiger charge is 2.11. The first kappa shape index (κ1) is 8.75. The predicted octanol–water partition coefficient (Wildman–Crippen LogP) is 1.97. The molecule has 72 valence electrons. The largest absolute Gasteiger partial charge is 0.449 e. The molecule has 0 atom stereocenters. The van der Waals surface area contributed by atoms with Crippen molar-refractivity contribution in [2.75, 3.05) is 13.1 Å². The minimum atomic E-state index is 0.770. The second-order valence-electron chi connectivity index (χ2n) is 3.69. The number of hydrogen-bond acceptors (Lipinski definition) is 3. The third-order valence-corrected chi connectivity index (χ3v) is 2.50. The molecule has 1 aromatic rings. The molecule has 0 N–H and O–H groups in total. The van der Waals surface area contributed by atoms with Gasteiger partial charge in [-0.05, 0) is 25.9 Å².